The number of carbonyl (C=O) groups is 2. The maximum absolute atomic E-state index is 12.9. The summed E-state index contributed by atoms with van der Waals surface area (Å²) < 4.78 is 27.1. The van der Waals surface area contributed by atoms with Crippen molar-refractivity contribution in [2.75, 3.05) is 45.8 Å². The minimum atomic E-state index is -3.62. The predicted molar refractivity (Wildman–Crippen MR) is 111 cm³/mol. The number of hydrogen-bond donors (Lipinski definition) is 0. The molecule has 2 aliphatic rings. The largest absolute Gasteiger partial charge is 0.339 e. The van der Waals surface area contributed by atoms with Gasteiger partial charge in [-0.15, -0.1) is 0 Å². The van der Waals surface area contributed by atoms with Gasteiger partial charge < -0.3 is 4.90 Å². The number of Topliss-reactive ketones (excluding diaryl/α,β-unsaturated/α-hetero) is 1. The fourth-order valence-corrected chi connectivity index (χ4v) is 5.82. The fourth-order valence-electron chi connectivity index (χ4n) is 4.40. The van der Waals surface area contributed by atoms with E-state index in [1.807, 2.05) is 0 Å². The first kappa shape index (κ1) is 21.9. The average Bonchev–Trinajstić information content (AvgIpc) is 2.67. The molecular weight excluding hydrogens is 390 g/mol. The molecule has 0 aliphatic carbocycles. The lowest BCUT2D eigenvalue weighted by molar-refractivity contribution is -0.134. The van der Waals surface area contributed by atoms with Crippen molar-refractivity contribution in [2.45, 2.75) is 32.1 Å². The molecule has 29 heavy (non-hydrogen) atoms. The van der Waals surface area contributed by atoms with Crippen LogP contribution in [0.2, 0.25) is 0 Å². The highest BCUT2D eigenvalue weighted by molar-refractivity contribution is 7.89. The van der Waals surface area contributed by atoms with E-state index in [1.54, 1.807) is 4.90 Å². The Morgan fingerprint density at radius 1 is 0.966 bits per heavy atom. The third kappa shape index (κ3) is 5.24. The number of benzene rings is 1. The van der Waals surface area contributed by atoms with Crippen molar-refractivity contribution in [3.8, 4) is 0 Å². The number of ketones is 1. The van der Waals surface area contributed by atoms with E-state index in [9.17, 15) is 18.0 Å². The van der Waals surface area contributed by atoms with E-state index in [2.05, 4.69) is 18.7 Å². The van der Waals surface area contributed by atoms with E-state index in [0.717, 1.165) is 13.1 Å². The van der Waals surface area contributed by atoms with Gasteiger partial charge in [-0.2, -0.15) is 4.31 Å². The average molecular weight is 422 g/mol. The molecule has 8 heteroatoms. The van der Waals surface area contributed by atoms with Gasteiger partial charge in [0.1, 0.15) is 0 Å². The predicted octanol–water partition coefficient (Wildman–Crippen LogP) is 1.70. The van der Waals surface area contributed by atoms with Gasteiger partial charge in [0.25, 0.3) is 0 Å². The first-order valence-electron chi connectivity index (χ1n) is 10.3. The molecule has 1 aromatic rings. The second kappa shape index (κ2) is 8.93. The van der Waals surface area contributed by atoms with E-state index in [4.69, 9.17) is 0 Å². The van der Waals surface area contributed by atoms with Crippen LogP contribution in [0.3, 0.4) is 0 Å². The Labute approximate surface area is 173 Å². The van der Waals surface area contributed by atoms with Crippen LogP contribution in [0.15, 0.2) is 29.2 Å². The molecule has 2 fully saturated rings. The molecule has 0 aromatic heterocycles. The molecule has 0 unspecified atom stereocenters. The maximum Gasteiger partial charge on any atom is 0.243 e. The normalized spacial score (nSPS) is 24.4. The maximum atomic E-state index is 12.9. The van der Waals surface area contributed by atoms with Crippen molar-refractivity contribution in [3.63, 3.8) is 0 Å². The first-order chi connectivity index (χ1) is 13.7. The molecule has 0 bridgehead atoms. The van der Waals surface area contributed by atoms with Gasteiger partial charge in [-0.3, -0.25) is 14.5 Å². The van der Waals surface area contributed by atoms with Gasteiger partial charge >= 0.3 is 0 Å². The summed E-state index contributed by atoms with van der Waals surface area (Å²) in [6.45, 7) is 9.58. The number of rotatable bonds is 5. The van der Waals surface area contributed by atoms with Gasteiger partial charge in [-0.1, -0.05) is 26.0 Å². The number of piperidine rings is 1. The molecule has 0 spiro atoms. The van der Waals surface area contributed by atoms with Crippen molar-refractivity contribution < 1.29 is 18.0 Å². The minimum Gasteiger partial charge on any atom is -0.339 e. The first-order valence-corrected chi connectivity index (χ1v) is 11.7. The molecule has 160 valence electrons. The Morgan fingerprint density at radius 3 is 2.03 bits per heavy atom. The van der Waals surface area contributed by atoms with E-state index < -0.39 is 10.0 Å². The summed E-state index contributed by atoms with van der Waals surface area (Å²) in [5, 5.41) is 0. The molecule has 0 saturated carbocycles. The Balaban J connectivity index is 1.56. The molecule has 2 atom stereocenters. The monoisotopic (exact) mass is 421 g/mol. The summed E-state index contributed by atoms with van der Waals surface area (Å²) in [6, 6.07) is 6.02. The SMILES string of the molecule is CC(=O)c1ccc(S(=O)(=O)N2CCN(C(=O)CN3C[C@@H](C)C[C@H](C)C3)CC2)cc1. The zero-order valence-electron chi connectivity index (χ0n) is 17.5. The van der Waals surface area contributed by atoms with Crippen molar-refractivity contribution in [2.24, 2.45) is 11.8 Å². The van der Waals surface area contributed by atoms with E-state index in [-0.39, 0.29) is 29.7 Å². The van der Waals surface area contributed by atoms with Gasteiger partial charge in [0.15, 0.2) is 5.78 Å². The van der Waals surface area contributed by atoms with Crippen LogP contribution in [0.5, 0.6) is 0 Å². The van der Waals surface area contributed by atoms with Crippen molar-refractivity contribution >= 4 is 21.7 Å². The highest BCUT2D eigenvalue weighted by Gasteiger charge is 2.31. The lowest BCUT2D eigenvalue weighted by Crippen LogP contribution is -2.53. The van der Waals surface area contributed by atoms with E-state index in [1.165, 1.54) is 41.9 Å². The van der Waals surface area contributed by atoms with E-state index >= 15 is 0 Å². The molecule has 1 aromatic carbocycles. The topological polar surface area (TPSA) is 78.0 Å². The number of hydrogen-bond acceptors (Lipinski definition) is 5. The van der Waals surface area contributed by atoms with Gasteiger partial charge in [-0.05, 0) is 37.3 Å². The van der Waals surface area contributed by atoms with Crippen LogP contribution < -0.4 is 0 Å². The lowest BCUT2D eigenvalue weighted by Gasteiger charge is -2.38. The van der Waals surface area contributed by atoms with Crippen LogP contribution >= 0.6 is 0 Å². The zero-order valence-corrected chi connectivity index (χ0v) is 18.3. The molecule has 2 saturated heterocycles. The molecule has 1 amide bonds. The van der Waals surface area contributed by atoms with Crippen molar-refractivity contribution in [1.29, 1.82) is 0 Å². The molecule has 7 nitrogen and oxygen atoms in total. The summed E-state index contributed by atoms with van der Waals surface area (Å²) >= 11 is 0. The van der Waals surface area contributed by atoms with Crippen LogP contribution in [0.1, 0.15) is 37.6 Å². The van der Waals surface area contributed by atoms with Crippen LogP contribution in [0, 0.1) is 11.8 Å². The van der Waals surface area contributed by atoms with E-state index in [0.29, 0.717) is 37.0 Å². The number of likely N-dealkylation sites (tertiary alicyclic amines) is 1. The third-order valence-electron chi connectivity index (χ3n) is 5.79. The fraction of sp³-hybridized carbons (Fsp3) is 0.619. The molecule has 2 heterocycles. The van der Waals surface area contributed by atoms with Crippen molar-refractivity contribution in [3.05, 3.63) is 29.8 Å². The van der Waals surface area contributed by atoms with Gasteiger partial charge in [0, 0.05) is 44.8 Å². The summed E-state index contributed by atoms with van der Waals surface area (Å²) in [6.07, 6.45) is 1.20. The summed E-state index contributed by atoms with van der Waals surface area (Å²) in [4.78, 5) is 28.3. The number of carbonyl (C=O) groups excluding carboxylic acids is 2. The lowest BCUT2D eigenvalue weighted by atomic mass is 9.92. The van der Waals surface area contributed by atoms with Crippen LogP contribution in [-0.2, 0) is 14.8 Å². The van der Waals surface area contributed by atoms with Gasteiger partial charge in [-0.25, -0.2) is 8.42 Å². The molecular formula is C21H31N3O4S. The second-order valence-electron chi connectivity index (χ2n) is 8.51. The zero-order chi connectivity index (χ0) is 21.2. The Bertz CT molecular complexity index is 835. The summed E-state index contributed by atoms with van der Waals surface area (Å²) in [5.74, 6) is 1.18. The third-order valence-corrected chi connectivity index (χ3v) is 7.71. The quantitative estimate of drug-likeness (QED) is 0.677. The Hall–Kier alpha value is -1.77. The number of amides is 1. The Kier molecular flexibility index (Phi) is 6.76. The van der Waals surface area contributed by atoms with Gasteiger partial charge in [0.05, 0.1) is 11.4 Å². The number of sulfonamides is 1. The summed E-state index contributed by atoms with van der Waals surface area (Å²) in [7, 11) is -3.62. The van der Waals surface area contributed by atoms with Crippen molar-refractivity contribution in [1.82, 2.24) is 14.1 Å². The smallest absolute Gasteiger partial charge is 0.243 e. The van der Waals surface area contributed by atoms with Crippen LogP contribution in [0.4, 0.5) is 0 Å². The summed E-state index contributed by atoms with van der Waals surface area (Å²) in [5.41, 5.74) is 0.487. The molecule has 3 rings (SSSR count). The second-order valence-corrected chi connectivity index (χ2v) is 10.4. The molecule has 2 aliphatic heterocycles. The standard InChI is InChI=1S/C21H31N3O4S/c1-16-12-17(2)14-22(13-16)15-21(26)23-8-10-24(11-9-23)29(27,28)20-6-4-19(5-7-20)18(3)25/h4-7,16-17H,8-15H2,1-3H3/t16-,17-/m0/s1. The van der Waals surface area contributed by atoms with Crippen LogP contribution in [-0.4, -0.2) is 80.0 Å². The number of piperazine rings is 1. The number of nitrogens with zero attached hydrogens (tertiary/aromatic N) is 3. The highest BCUT2D eigenvalue weighted by Crippen LogP contribution is 2.22. The Morgan fingerprint density at radius 2 is 1.52 bits per heavy atom. The molecule has 0 N–H and O–H groups in total. The minimum absolute atomic E-state index is 0.0779. The highest BCUT2D eigenvalue weighted by atomic mass is 32.2. The van der Waals surface area contributed by atoms with Crippen LogP contribution in [0.25, 0.3) is 0 Å². The molecule has 0 radical (unpaired) electrons. The van der Waals surface area contributed by atoms with Gasteiger partial charge in [0.2, 0.25) is 15.9 Å².